The van der Waals surface area contributed by atoms with Crippen LogP contribution in [0.25, 0.3) is 0 Å². The lowest BCUT2D eigenvalue weighted by molar-refractivity contribution is 1.17. The SMILES string of the molecule is [C]1CNc2ccccc2N1. The molecule has 2 N–H and O–H groups in total. The number of para-hydroxylation sites is 2. The fourth-order valence-electron chi connectivity index (χ4n) is 1.03. The Morgan fingerprint density at radius 1 is 1.20 bits per heavy atom. The largest absolute Gasteiger partial charge is 0.381 e. The van der Waals surface area contributed by atoms with Crippen LogP contribution < -0.4 is 10.6 Å². The Morgan fingerprint density at radius 2 is 2.00 bits per heavy atom. The van der Waals surface area contributed by atoms with Gasteiger partial charge in [0.15, 0.2) is 0 Å². The number of hydrogen-bond acceptors (Lipinski definition) is 2. The minimum atomic E-state index is 0.775. The summed E-state index contributed by atoms with van der Waals surface area (Å²) in [6, 6.07) is 8.08. The number of hydrogen-bond donors (Lipinski definition) is 2. The molecule has 1 heterocycles. The Bertz CT molecular complexity index is 207. The van der Waals surface area contributed by atoms with Gasteiger partial charge < -0.3 is 10.6 Å². The standard InChI is InChI=1S/C8H8N2/c1-2-4-8-7(3-1)9-5-6-10-8/h1-4,9-10H,5H2. The highest BCUT2D eigenvalue weighted by Gasteiger charge is 2.04. The van der Waals surface area contributed by atoms with Crippen LogP contribution in [0.3, 0.4) is 0 Å². The third-order valence-corrected chi connectivity index (χ3v) is 1.52. The Labute approximate surface area is 60.3 Å². The molecule has 2 nitrogen and oxygen atoms in total. The van der Waals surface area contributed by atoms with Crippen LogP contribution in [0.2, 0.25) is 0 Å². The molecule has 0 unspecified atom stereocenters. The summed E-state index contributed by atoms with van der Waals surface area (Å²) < 4.78 is 0. The van der Waals surface area contributed by atoms with Crippen molar-refractivity contribution in [3.05, 3.63) is 30.8 Å². The molecule has 0 aliphatic carbocycles. The summed E-state index contributed by atoms with van der Waals surface area (Å²) in [5, 5.41) is 6.24. The smallest absolute Gasteiger partial charge is 0.109 e. The van der Waals surface area contributed by atoms with Gasteiger partial charge in [0, 0.05) is 6.54 Å². The summed E-state index contributed by atoms with van der Waals surface area (Å²) in [7, 11) is 0. The van der Waals surface area contributed by atoms with Crippen molar-refractivity contribution in [2.75, 3.05) is 17.2 Å². The first-order chi connectivity index (χ1) is 4.97. The van der Waals surface area contributed by atoms with Gasteiger partial charge in [0.25, 0.3) is 0 Å². The summed E-state index contributed by atoms with van der Waals surface area (Å²) in [6.07, 6.45) is 0. The highest BCUT2D eigenvalue weighted by Crippen LogP contribution is 2.23. The van der Waals surface area contributed by atoms with Crippen LogP contribution in [0, 0.1) is 6.54 Å². The first-order valence-corrected chi connectivity index (χ1v) is 3.28. The molecular formula is C8H8N2. The van der Waals surface area contributed by atoms with Gasteiger partial charge in [-0.2, -0.15) is 0 Å². The monoisotopic (exact) mass is 132 g/mol. The molecule has 0 saturated carbocycles. The van der Waals surface area contributed by atoms with Crippen molar-refractivity contribution in [1.82, 2.24) is 0 Å². The van der Waals surface area contributed by atoms with Gasteiger partial charge in [-0.1, -0.05) is 12.1 Å². The number of rotatable bonds is 0. The average molecular weight is 132 g/mol. The van der Waals surface area contributed by atoms with Crippen molar-refractivity contribution >= 4 is 11.4 Å². The van der Waals surface area contributed by atoms with Crippen LogP contribution in [-0.4, -0.2) is 6.54 Å². The van der Waals surface area contributed by atoms with Gasteiger partial charge in [0.05, 0.1) is 11.4 Å². The number of benzene rings is 1. The topological polar surface area (TPSA) is 24.1 Å². The second-order valence-corrected chi connectivity index (χ2v) is 2.20. The zero-order valence-corrected chi connectivity index (χ0v) is 5.52. The summed E-state index contributed by atoms with van der Waals surface area (Å²) >= 11 is 0. The van der Waals surface area contributed by atoms with Gasteiger partial charge in [-0.15, -0.1) is 0 Å². The molecule has 2 radical (unpaired) electrons. The maximum atomic E-state index is 3.19. The van der Waals surface area contributed by atoms with Crippen molar-refractivity contribution in [3.8, 4) is 0 Å². The molecule has 0 atom stereocenters. The van der Waals surface area contributed by atoms with Crippen LogP contribution in [0.5, 0.6) is 0 Å². The van der Waals surface area contributed by atoms with E-state index in [4.69, 9.17) is 0 Å². The summed E-state index contributed by atoms with van der Waals surface area (Å²) in [5.74, 6) is 0. The maximum absolute atomic E-state index is 3.19. The van der Waals surface area contributed by atoms with E-state index in [0.29, 0.717) is 0 Å². The van der Waals surface area contributed by atoms with Crippen molar-refractivity contribution in [1.29, 1.82) is 0 Å². The molecule has 2 rings (SSSR count). The maximum Gasteiger partial charge on any atom is 0.109 e. The number of fused-ring (bicyclic) bond motifs is 1. The van der Waals surface area contributed by atoms with Gasteiger partial charge in [-0.05, 0) is 12.1 Å². The molecule has 1 aliphatic heterocycles. The predicted octanol–water partition coefficient (Wildman–Crippen LogP) is 1.56. The van der Waals surface area contributed by atoms with E-state index in [1.165, 1.54) is 0 Å². The second kappa shape index (κ2) is 2.21. The molecule has 0 spiro atoms. The molecule has 50 valence electrons. The van der Waals surface area contributed by atoms with Crippen molar-refractivity contribution in [2.45, 2.75) is 0 Å². The minimum Gasteiger partial charge on any atom is -0.381 e. The van der Waals surface area contributed by atoms with E-state index < -0.39 is 0 Å². The number of nitrogens with one attached hydrogen (secondary N) is 2. The minimum absolute atomic E-state index is 0.775. The second-order valence-electron chi connectivity index (χ2n) is 2.20. The van der Waals surface area contributed by atoms with E-state index in [2.05, 4.69) is 17.2 Å². The highest BCUT2D eigenvalue weighted by molar-refractivity contribution is 5.71. The van der Waals surface area contributed by atoms with Crippen LogP contribution >= 0.6 is 0 Å². The van der Waals surface area contributed by atoms with Gasteiger partial charge in [-0.25, -0.2) is 0 Å². The Morgan fingerprint density at radius 3 is 2.80 bits per heavy atom. The van der Waals surface area contributed by atoms with E-state index in [-0.39, 0.29) is 0 Å². The molecule has 1 aromatic rings. The quantitative estimate of drug-likeness (QED) is 0.559. The van der Waals surface area contributed by atoms with Gasteiger partial charge >= 0.3 is 0 Å². The zero-order valence-electron chi connectivity index (χ0n) is 5.52. The van der Waals surface area contributed by atoms with Crippen molar-refractivity contribution in [3.63, 3.8) is 0 Å². The van der Waals surface area contributed by atoms with Crippen LogP contribution in [0.4, 0.5) is 11.4 Å². The zero-order chi connectivity index (χ0) is 6.81. The Balaban J connectivity index is 2.41. The van der Waals surface area contributed by atoms with E-state index in [1.54, 1.807) is 0 Å². The molecular weight excluding hydrogens is 124 g/mol. The fourth-order valence-corrected chi connectivity index (χ4v) is 1.03. The third kappa shape index (κ3) is 0.817. The molecule has 0 fully saturated rings. The van der Waals surface area contributed by atoms with Crippen LogP contribution in [-0.2, 0) is 0 Å². The summed E-state index contributed by atoms with van der Waals surface area (Å²) in [4.78, 5) is 0. The van der Waals surface area contributed by atoms with Crippen LogP contribution in [0.1, 0.15) is 0 Å². The average Bonchev–Trinajstić information content (AvgIpc) is 2.05. The molecule has 1 aliphatic rings. The van der Waals surface area contributed by atoms with E-state index in [9.17, 15) is 0 Å². The molecule has 0 amide bonds. The third-order valence-electron chi connectivity index (χ3n) is 1.52. The van der Waals surface area contributed by atoms with Crippen LogP contribution in [0.15, 0.2) is 24.3 Å². The fraction of sp³-hybridized carbons (Fsp3) is 0.125. The van der Waals surface area contributed by atoms with Crippen molar-refractivity contribution < 1.29 is 0 Å². The van der Waals surface area contributed by atoms with E-state index in [1.807, 2.05) is 24.3 Å². The summed E-state index contributed by atoms with van der Waals surface area (Å²) in [5.41, 5.74) is 2.26. The van der Waals surface area contributed by atoms with Gasteiger partial charge in [0.2, 0.25) is 0 Å². The van der Waals surface area contributed by atoms with E-state index in [0.717, 1.165) is 17.9 Å². The molecule has 0 aromatic heterocycles. The molecule has 1 aromatic carbocycles. The molecule has 0 saturated heterocycles. The van der Waals surface area contributed by atoms with Gasteiger partial charge in [-0.3, -0.25) is 0 Å². The lowest BCUT2D eigenvalue weighted by Gasteiger charge is -2.17. The predicted molar refractivity (Wildman–Crippen MR) is 41.8 cm³/mol. The molecule has 10 heavy (non-hydrogen) atoms. The normalized spacial score (nSPS) is 14.8. The number of anilines is 2. The van der Waals surface area contributed by atoms with E-state index >= 15 is 0 Å². The lowest BCUT2D eigenvalue weighted by atomic mass is 10.2. The first-order valence-electron chi connectivity index (χ1n) is 3.28. The lowest BCUT2D eigenvalue weighted by Crippen LogP contribution is -2.15. The Hall–Kier alpha value is -1.18. The van der Waals surface area contributed by atoms with Gasteiger partial charge in [0.1, 0.15) is 6.54 Å². The highest BCUT2D eigenvalue weighted by atomic mass is 15.0. The molecule has 0 bridgehead atoms. The summed E-state index contributed by atoms with van der Waals surface area (Å²) in [6.45, 7) is 3.75. The first kappa shape index (κ1) is 5.59. The van der Waals surface area contributed by atoms with Crippen molar-refractivity contribution in [2.24, 2.45) is 0 Å². The molecule has 2 heteroatoms. The Kier molecular flexibility index (Phi) is 1.24.